The van der Waals surface area contributed by atoms with E-state index in [1.54, 1.807) is 42.5 Å². The molecule has 0 saturated heterocycles. The van der Waals surface area contributed by atoms with Crippen molar-refractivity contribution in [3.05, 3.63) is 59.2 Å². The molecule has 0 N–H and O–H groups in total. The molecule has 3 rings (SSSR count). The number of ketones is 2. The van der Waals surface area contributed by atoms with Crippen molar-refractivity contribution in [2.75, 3.05) is 48.5 Å². The molecule has 1 unspecified atom stereocenters. The molecule has 0 radical (unpaired) electrons. The molecule has 7 heteroatoms. The van der Waals surface area contributed by atoms with Gasteiger partial charge in [-0.25, -0.2) is 4.79 Å². The minimum atomic E-state index is -1.64. The molecular formula is C23H26NO6+. The standard InChI is InChI=1S/C23H26NO6/c1-24(2,3)13-20(25)30-14-23(15-6-8-16(28-4)9-7-15)21(26)18-11-10-17(29-5)12-19(18)22(23)27/h6-12H,13-14H2,1-5H3/q+1. The van der Waals surface area contributed by atoms with Gasteiger partial charge < -0.3 is 18.7 Å². The van der Waals surface area contributed by atoms with Crippen molar-refractivity contribution in [3.63, 3.8) is 0 Å². The van der Waals surface area contributed by atoms with Gasteiger partial charge in [-0.2, -0.15) is 0 Å². The Morgan fingerprint density at radius 3 is 2.00 bits per heavy atom. The van der Waals surface area contributed by atoms with E-state index in [4.69, 9.17) is 14.2 Å². The number of hydrogen-bond acceptors (Lipinski definition) is 6. The number of rotatable bonds is 7. The zero-order valence-electron chi connectivity index (χ0n) is 17.9. The van der Waals surface area contributed by atoms with Gasteiger partial charge in [0.2, 0.25) is 0 Å². The summed E-state index contributed by atoms with van der Waals surface area (Å²) in [5.74, 6) is -0.224. The molecule has 0 aliphatic heterocycles. The van der Waals surface area contributed by atoms with Gasteiger partial charge in [0.25, 0.3) is 0 Å². The van der Waals surface area contributed by atoms with Gasteiger partial charge in [-0.1, -0.05) is 12.1 Å². The Kier molecular flexibility index (Phi) is 5.67. The normalized spacial score (nSPS) is 18.2. The van der Waals surface area contributed by atoms with Gasteiger partial charge in [0.05, 0.1) is 35.4 Å². The van der Waals surface area contributed by atoms with Crippen molar-refractivity contribution in [3.8, 4) is 11.5 Å². The smallest absolute Gasteiger partial charge is 0.361 e. The Bertz CT molecular complexity index is 990. The molecule has 158 valence electrons. The molecule has 0 amide bonds. The molecule has 0 aromatic heterocycles. The summed E-state index contributed by atoms with van der Waals surface area (Å²) in [6, 6.07) is 11.4. The molecule has 2 aromatic carbocycles. The molecule has 1 atom stereocenters. The quantitative estimate of drug-likeness (QED) is 0.394. The zero-order chi connectivity index (χ0) is 22.1. The topological polar surface area (TPSA) is 78.9 Å². The number of likely N-dealkylation sites (N-methyl/N-ethyl adjacent to an activating group) is 1. The molecule has 0 fully saturated rings. The SMILES string of the molecule is COc1ccc(C2(COC(=O)C[N+](C)(C)C)C(=O)c3ccc(OC)cc3C2=O)cc1. The minimum Gasteiger partial charge on any atom is -0.497 e. The van der Waals surface area contributed by atoms with Crippen LogP contribution in [0.4, 0.5) is 0 Å². The van der Waals surface area contributed by atoms with Gasteiger partial charge in [-0.15, -0.1) is 0 Å². The third kappa shape index (κ3) is 3.80. The number of carbonyl (C=O) groups excluding carboxylic acids is 3. The lowest BCUT2D eigenvalue weighted by molar-refractivity contribution is -0.862. The van der Waals surface area contributed by atoms with Crippen LogP contribution in [-0.4, -0.2) is 70.5 Å². The molecule has 0 saturated carbocycles. The summed E-state index contributed by atoms with van der Waals surface area (Å²) in [6.07, 6.45) is 0. The van der Waals surface area contributed by atoms with Crippen LogP contribution >= 0.6 is 0 Å². The second-order valence-electron chi connectivity index (χ2n) is 8.31. The van der Waals surface area contributed by atoms with Crippen molar-refractivity contribution in [2.45, 2.75) is 5.41 Å². The first-order valence-electron chi connectivity index (χ1n) is 9.50. The van der Waals surface area contributed by atoms with Crippen LogP contribution in [0.2, 0.25) is 0 Å². The van der Waals surface area contributed by atoms with Crippen molar-refractivity contribution in [1.82, 2.24) is 0 Å². The summed E-state index contributed by atoms with van der Waals surface area (Å²) in [5, 5.41) is 0. The van der Waals surface area contributed by atoms with Crippen LogP contribution in [0.15, 0.2) is 42.5 Å². The van der Waals surface area contributed by atoms with Crippen LogP contribution in [0, 0.1) is 0 Å². The Hall–Kier alpha value is -3.19. The Morgan fingerprint density at radius 2 is 1.43 bits per heavy atom. The highest BCUT2D eigenvalue weighted by Gasteiger charge is 2.55. The number of Topliss-reactive ketones (excluding diaryl/α,β-unsaturated/α-hetero) is 2. The Labute approximate surface area is 175 Å². The summed E-state index contributed by atoms with van der Waals surface area (Å²) >= 11 is 0. The first-order valence-corrected chi connectivity index (χ1v) is 9.50. The van der Waals surface area contributed by atoms with Gasteiger partial charge in [-0.05, 0) is 35.9 Å². The Morgan fingerprint density at radius 1 is 0.867 bits per heavy atom. The average molecular weight is 412 g/mol. The van der Waals surface area contributed by atoms with E-state index in [1.165, 1.54) is 14.2 Å². The van der Waals surface area contributed by atoms with Crippen molar-refractivity contribution in [1.29, 1.82) is 0 Å². The largest absolute Gasteiger partial charge is 0.497 e. The van der Waals surface area contributed by atoms with Crippen LogP contribution in [0.3, 0.4) is 0 Å². The van der Waals surface area contributed by atoms with Crippen LogP contribution in [-0.2, 0) is 14.9 Å². The van der Waals surface area contributed by atoms with Crippen LogP contribution in [0.5, 0.6) is 11.5 Å². The Balaban J connectivity index is 2.05. The molecule has 7 nitrogen and oxygen atoms in total. The fourth-order valence-corrected chi connectivity index (χ4v) is 3.57. The second kappa shape index (κ2) is 7.91. The van der Waals surface area contributed by atoms with E-state index in [0.29, 0.717) is 27.1 Å². The van der Waals surface area contributed by atoms with Crippen molar-refractivity contribution < 1.29 is 33.1 Å². The van der Waals surface area contributed by atoms with Crippen LogP contribution in [0.1, 0.15) is 26.3 Å². The number of carbonyl (C=O) groups is 3. The van der Waals surface area contributed by atoms with Crippen LogP contribution < -0.4 is 9.47 Å². The molecule has 0 spiro atoms. The van der Waals surface area contributed by atoms with Gasteiger partial charge in [-0.3, -0.25) is 9.59 Å². The highest BCUT2D eigenvalue weighted by atomic mass is 16.5. The van der Waals surface area contributed by atoms with E-state index >= 15 is 0 Å². The predicted octanol–water partition coefficient (Wildman–Crippen LogP) is 2.27. The number of fused-ring (bicyclic) bond motifs is 1. The maximum Gasteiger partial charge on any atom is 0.361 e. The molecule has 30 heavy (non-hydrogen) atoms. The van der Waals surface area contributed by atoms with Gasteiger partial charge >= 0.3 is 5.97 Å². The van der Waals surface area contributed by atoms with Crippen molar-refractivity contribution >= 4 is 17.5 Å². The molecular weight excluding hydrogens is 386 g/mol. The van der Waals surface area contributed by atoms with Crippen molar-refractivity contribution in [2.24, 2.45) is 0 Å². The summed E-state index contributed by atoms with van der Waals surface area (Å²) in [5.41, 5.74) is -0.634. The zero-order valence-corrected chi connectivity index (χ0v) is 17.9. The number of benzene rings is 2. The minimum absolute atomic E-state index is 0.113. The molecule has 2 aromatic rings. The van der Waals surface area contributed by atoms with E-state index in [-0.39, 0.29) is 18.7 Å². The molecule has 0 bridgehead atoms. The lowest BCUT2D eigenvalue weighted by Gasteiger charge is -2.27. The fraction of sp³-hybridized carbons (Fsp3) is 0.348. The first kappa shape index (κ1) is 21.5. The number of methoxy groups -OCH3 is 2. The van der Waals surface area contributed by atoms with E-state index in [9.17, 15) is 14.4 Å². The van der Waals surface area contributed by atoms with E-state index in [0.717, 1.165) is 0 Å². The van der Waals surface area contributed by atoms with E-state index < -0.39 is 23.0 Å². The molecule has 0 heterocycles. The highest BCUT2D eigenvalue weighted by Crippen LogP contribution is 2.41. The second-order valence-corrected chi connectivity index (χ2v) is 8.31. The number of nitrogens with zero attached hydrogens (tertiary/aromatic N) is 1. The van der Waals surface area contributed by atoms with E-state index in [2.05, 4.69) is 0 Å². The lowest BCUT2D eigenvalue weighted by Crippen LogP contribution is -2.46. The fourth-order valence-electron chi connectivity index (χ4n) is 3.57. The highest BCUT2D eigenvalue weighted by molar-refractivity contribution is 6.33. The molecule has 1 aliphatic carbocycles. The monoisotopic (exact) mass is 412 g/mol. The third-order valence-electron chi connectivity index (χ3n) is 5.13. The lowest BCUT2D eigenvalue weighted by atomic mass is 9.76. The number of quaternary nitrogens is 1. The average Bonchev–Trinajstić information content (AvgIpc) is 2.92. The summed E-state index contributed by atoms with van der Waals surface area (Å²) in [6.45, 7) is -0.255. The van der Waals surface area contributed by atoms with Crippen LogP contribution in [0.25, 0.3) is 0 Å². The maximum atomic E-state index is 13.5. The van der Waals surface area contributed by atoms with Gasteiger partial charge in [0.15, 0.2) is 23.5 Å². The summed E-state index contributed by atoms with van der Waals surface area (Å²) in [7, 11) is 8.59. The first-order chi connectivity index (χ1) is 14.1. The number of ether oxygens (including phenoxy) is 3. The maximum absolute atomic E-state index is 13.5. The molecule has 1 aliphatic rings. The summed E-state index contributed by atoms with van der Waals surface area (Å²) in [4.78, 5) is 39.4. The van der Waals surface area contributed by atoms with Gasteiger partial charge in [0.1, 0.15) is 18.1 Å². The summed E-state index contributed by atoms with van der Waals surface area (Å²) < 4.78 is 16.3. The van der Waals surface area contributed by atoms with E-state index in [1.807, 2.05) is 21.1 Å². The number of esters is 1. The predicted molar refractivity (Wildman–Crippen MR) is 110 cm³/mol. The number of hydrogen-bond donors (Lipinski definition) is 0. The van der Waals surface area contributed by atoms with Gasteiger partial charge in [0, 0.05) is 11.1 Å². The third-order valence-corrected chi connectivity index (χ3v) is 5.13.